The summed E-state index contributed by atoms with van der Waals surface area (Å²) in [5.41, 5.74) is 0. The minimum absolute atomic E-state index is 0.0424. The molecule has 1 aromatic rings. The van der Waals surface area contributed by atoms with Crippen molar-refractivity contribution in [1.29, 1.82) is 0 Å². The minimum atomic E-state index is -0.274. The van der Waals surface area contributed by atoms with Gasteiger partial charge in [0, 0.05) is 0 Å². The number of carbonyl (C=O) groups is 1. The van der Waals surface area contributed by atoms with Crippen LogP contribution in [-0.4, -0.2) is 21.1 Å². The van der Waals surface area contributed by atoms with Gasteiger partial charge in [0.2, 0.25) is 11.9 Å². The summed E-state index contributed by atoms with van der Waals surface area (Å²) < 4.78 is 0. The fourth-order valence-electron chi connectivity index (χ4n) is 0.535. The molecular weight excluding hydrogens is 144 g/mol. The molecular formula is C6H6N4O. The van der Waals surface area contributed by atoms with Crippen LogP contribution in [0, 0.1) is 12.3 Å². The van der Waals surface area contributed by atoms with Gasteiger partial charge < -0.3 is 0 Å². The largest absolute Gasteiger partial charge is 0.294 e. The Balaban J connectivity index is 2.45. The second-order valence-electron chi connectivity index (χ2n) is 1.76. The van der Waals surface area contributed by atoms with Gasteiger partial charge in [-0.3, -0.25) is 10.1 Å². The van der Waals surface area contributed by atoms with Crippen LogP contribution in [0.2, 0.25) is 0 Å². The number of nitrogens with zero attached hydrogens (tertiary/aromatic N) is 2. The van der Waals surface area contributed by atoms with E-state index >= 15 is 0 Å². The fraction of sp³-hybridized carbons (Fsp3) is 0.167. The van der Waals surface area contributed by atoms with Gasteiger partial charge >= 0.3 is 0 Å². The number of amides is 1. The molecule has 0 bridgehead atoms. The number of H-pyrrole nitrogens is 1. The third kappa shape index (κ3) is 2.10. The number of hydrogen-bond acceptors (Lipinski definition) is 3. The van der Waals surface area contributed by atoms with Crippen molar-refractivity contribution < 1.29 is 4.79 Å². The van der Waals surface area contributed by atoms with Crippen molar-refractivity contribution in [3.8, 4) is 12.3 Å². The van der Waals surface area contributed by atoms with Crippen LogP contribution in [0.25, 0.3) is 0 Å². The van der Waals surface area contributed by atoms with Gasteiger partial charge in [-0.15, -0.1) is 6.42 Å². The summed E-state index contributed by atoms with van der Waals surface area (Å²) in [6.07, 6.45) is 6.24. The quantitative estimate of drug-likeness (QED) is 0.572. The van der Waals surface area contributed by atoms with E-state index in [9.17, 15) is 4.79 Å². The maximum absolute atomic E-state index is 10.8. The van der Waals surface area contributed by atoms with Gasteiger partial charge in [0.25, 0.3) is 0 Å². The van der Waals surface area contributed by atoms with Crippen molar-refractivity contribution in [2.45, 2.75) is 6.42 Å². The van der Waals surface area contributed by atoms with Crippen molar-refractivity contribution in [2.24, 2.45) is 0 Å². The van der Waals surface area contributed by atoms with E-state index in [0.717, 1.165) is 0 Å². The van der Waals surface area contributed by atoms with Crippen molar-refractivity contribution in [2.75, 3.05) is 5.32 Å². The molecule has 5 nitrogen and oxygen atoms in total. The predicted octanol–water partition coefficient (Wildman–Crippen LogP) is -0.234. The molecule has 0 saturated carbocycles. The van der Waals surface area contributed by atoms with E-state index in [2.05, 4.69) is 26.4 Å². The average Bonchev–Trinajstić information content (AvgIpc) is 2.40. The lowest BCUT2D eigenvalue weighted by atomic mass is 10.4. The molecule has 0 unspecified atom stereocenters. The van der Waals surface area contributed by atoms with Crippen molar-refractivity contribution in [3.05, 3.63) is 6.33 Å². The van der Waals surface area contributed by atoms with E-state index < -0.39 is 0 Å². The van der Waals surface area contributed by atoms with E-state index in [1.54, 1.807) is 0 Å². The normalized spacial score (nSPS) is 8.64. The molecule has 1 aromatic heterocycles. The van der Waals surface area contributed by atoms with Gasteiger partial charge in [-0.1, -0.05) is 5.92 Å². The molecule has 0 fully saturated rings. The van der Waals surface area contributed by atoms with Gasteiger partial charge in [0.15, 0.2) is 0 Å². The molecule has 0 aromatic carbocycles. The monoisotopic (exact) mass is 150 g/mol. The Morgan fingerprint density at radius 2 is 2.73 bits per heavy atom. The molecule has 0 saturated heterocycles. The van der Waals surface area contributed by atoms with Crippen LogP contribution in [0.1, 0.15) is 6.42 Å². The van der Waals surface area contributed by atoms with E-state index in [-0.39, 0.29) is 12.3 Å². The summed E-state index contributed by atoms with van der Waals surface area (Å²) >= 11 is 0. The molecule has 2 N–H and O–H groups in total. The first-order valence-electron chi connectivity index (χ1n) is 2.91. The van der Waals surface area contributed by atoms with Gasteiger partial charge in [0.05, 0.1) is 6.42 Å². The maximum Gasteiger partial charge on any atom is 0.238 e. The van der Waals surface area contributed by atoms with Crippen LogP contribution in [-0.2, 0) is 4.79 Å². The topological polar surface area (TPSA) is 70.7 Å². The highest BCUT2D eigenvalue weighted by Crippen LogP contribution is 1.92. The smallest absolute Gasteiger partial charge is 0.238 e. The Morgan fingerprint density at radius 1 is 1.91 bits per heavy atom. The number of aromatic amines is 1. The Morgan fingerprint density at radius 3 is 3.27 bits per heavy atom. The Labute approximate surface area is 63.2 Å². The highest BCUT2D eigenvalue weighted by molar-refractivity contribution is 5.90. The highest BCUT2D eigenvalue weighted by Gasteiger charge is 2.00. The molecule has 0 aliphatic rings. The van der Waals surface area contributed by atoms with E-state index in [1.807, 2.05) is 0 Å². The molecule has 1 heterocycles. The lowest BCUT2D eigenvalue weighted by Gasteiger charge is -1.94. The molecule has 56 valence electrons. The lowest BCUT2D eigenvalue weighted by molar-refractivity contribution is -0.115. The maximum atomic E-state index is 10.8. The van der Waals surface area contributed by atoms with Gasteiger partial charge in [0.1, 0.15) is 6.33 Å². The van der Waals surface area contributed by atoms with E-state index in [1.165, 1.54) is 6.33 Å². The van der Waals surface area contributed by atoms with Crippen molar-refractivity contribution in [3.63, 3.8) is 0 Å². The number of terminal acetylenes is 1. The average molecular weight is 150 g/mol. The van der Waals surface area contributed by atoms with Crippen LogP contribution in [0.5, 0.6) is 0 Å². The zero-order chi connectivity index (χ0) is 8.10. The molecule has 11 heavy (non-hydrogen) atoms. The number of anilines is 1. The summed E-state index contributed by atoms with van der Waals surface area (Å²) in [5.74, 6) is 2.24. The highest BCUT2D eigenvalue weighted by atomic mass is 16.1. The Kier molecular flexibility index (Phi) is 2.23. The fourth-order valence-corrected chi connectivity index (χ4v) is 0.535. The van der Waals surface area contributed by atoms with E-state index in [4.69, 9.17) is 6.42 Å². The summed E-state index contributed by atoms with van der Waals surface area (Å²) in [4.78, 5) is 14.4. The molecule has 1 rings (SSSR count). The molecule has 0 spiro atoms. The third-order valence-corrected chi connectivity index (χ3v) is 0.935. The summed E-state index contributed by atoms with van der Waals surface area (Å²) in [7, 11) is 0. The van der Waals surface area contributed by atoms with Crippen molar-refractivity contribution in [1.82, 2.24) is 15.2 Å². The van der Waals surface area contributed by atoms with E-state index in [0.29, 0.717) is 5.95 Å². The van der Waals surface area contributed by atoms with Gasteiger partial charge in [-0.25, -0.2) is 5.10 Å². The number of nitrogens with one attached hydrogen (secondary N) is 2. The van der Waals surface area contributed by atoms with Crippen LogP contribution in [0.4, 0.5) is 5.95 Å². The zero-order valence-corrected chi connectivity index (χ0v) is 5.66. The Hall–Kier alpha value is -1.83. The summed E-state index contributed by atoms with van der Waals surface area (Å²) in [6, 6.07) is 0. The third-order valence-electron chi connectivity index (χ3n) is 0.935. The van der Waals surface area contributed by atoms with Crippen LogP contribution >= 0.6 is 0 Å². The number of carbonyl (C=O) groups excluding carboxylic acids is 1. The number of hydrogen-bond donors (Lipinski definition) is 2. The molecule has 5 heteroatoms. The van der Waals surface area contributed by atoms with Crippen LogP contribution < -0.4 is 5.32 Å². The Bertz CT molecular complexity index is 271. The zero-order valence-electron chi connectivity index (χ0n) is 5.66. The molecule has 0 aliphatic heterocycles. The minimum Gasteiger partial charge on any atom is -0.294 e. The first-order valence-corrected chi connectivity index (χ1v) is 2.91. The summed E-state index contributed by atoms with van der Waals surface area (Å²) in [6.45, 7) is 0. The van der Waals surface area contributed by atoms with Gasteiger partial charge in [-0.2, -0.15) is 10.1 Å². The first-order chi connectivity index (χ1) is 5.33. The number of aromatic nitrogens is 3. The van der Waals surface area contributed by atoms with Crippen LogP contribution in [0.15, 0.2) is 6.33 Å². The molecule has 0 radical (unpaired) electrons. The summed E-state index contributed by atoms with van der Waals surface area (Å²) in [5, 5.41) is 8.41. The molecule has 0 atom stereocenters. The lowest BCUT2D eigenvalue weighted by Crippen LogP contribution is -2.11. The molecule has 1 amide bonds. The predicted molar refractivity (Wildman–Crippen MR) is 38.5 cm³/mol. The van der Waals surface area contributed by atoms with Crippen molar-refractivity contribution >= 4 is 11.9 Å². The number of rotatable bonds is 2. The second kappa shape index (κ2) is 3.37. The first kappa shape index (κ1) is 7.28. The standard InChI is InChI=1S/C6H6N4O/c1-2-3-5(11)9-6-7-4-8-10-6/h1,4H,3H2,(H2,7,8,9,10,11). The second-order valence-corrected chi connectivity index (χ2v) is 1.76. The molecule has 0 aliphatic carbocycles. The van der Waals surface area contributed by atoms with Gasteiger partial charge in [-0.05, 0) is 0 Å². The van der Waals surface area contributed by atoms with Crippen LogP contribution in [0.3, 0.4) is 0 Å². The SMILES string of the molecule is C#CCC(=O)Nc1ncn[nH]1.